The Balaban J connectivity index is 1.27. The molecule has 1 fully saturated rings. The molecule has 0 spiro atoms. The topological polar surface area (TPSA) is 42.4 Å². The van der Waals surface area contributed by atoms with E-state index in [1.54, 1.807) is 0 Å². The number of pyridine rings is 1. The maximum Gasteiger partial charge on any atom is 0.130 e. The van der Waals surface area contributed by atoms with Crippen LogP contribution in [0.1, 0.15) is 49.8 Å². The molecular formula is C25H29NO2. The summed E-state index contributed by atoms with van der Waals surface area (Å²) in [6.07, 6.45) is 7.89. The quantitative estimate of drug-likeness (QED) is 0.577. The Kier molecular flexibility index (Phi) is 6.23. The molecular weight excluding hydrogens is 346 g/mol. The van der Waals surface area contributed by atoms with Crippen molar-refractivity contribution in [3.8, 4) is 5.75 Å². The molecule has 1 N–H and O–H groups in total. The SMILES string of the molecule is OC(CCc1ccc(OCc2ccc3ccccc3n2)cc1)C1CCCCC1. The molecule has 28 heavy (non-hydrogen) atoms. The molecule has 146 valence electrons. The Hall–Kier alpha value is -2.39. The van der Waals surface area contributed by atoms with Gasteiger partial charge in [-0.1, -0.05) is 55.7 Å². The summed E-state index contributed by atoms with van der Waals surface area (Å²) in [5.74, 6) is 1.36. The van der Waals surface area contributed by atoms with Crippen LogP contribution in [0.2, 0.25) is 0 Å². The number of hydrogen-bond donors (Lipinski definition) is 1. The van der Waals surface area contributed by atoms with Crippen LogP contribution in [0.15, 0.2) is 60.7 Å². The van der Waals surface area contributed by atoms with Gasteiger partial charge in [0.25, 0.3) is 0 Å². The minimum Gasteiger partial charge on any atom is -0.487 e. The monoisotopic (exact) mass is 375 g/mol. The summed E-state index contributed by atoms with van der Waals surface area (Å²) >= 11 is 0. The van der Waals surface area contributed by atoms with Gasteiger partial charge in [-0.05, 0) is 61.4 Å². The number of aromatic nitrogens is 1. The van der Waals surface area contributed by atoms with Crippen molar-refractivity contribution in [2.75, 3.05) is 0 Å². The standard InChI is InChI=1S/C25H29NO2/c27-25(21-7-2-1-3-8-21)17-12-19-10-15-23(16-11-19)28-18-22-14-13-20-6-4-5-9-24(20)26-22/h4-6,9-11,13-16,21,25,27H,1-3,7-8,12,17-18H2. The average Bonchev–Trinajstić information content (AvgIpc) is 2.77. The van der Waals surface area contributed by atoms with Gasteiger partial charge in [-0.15, -0.1) is 0 Å². The van der Waals surface area contributed by atoms with E-state index in [9.17, 15) is 5.11 Å². The molecule has 0 radical (unpaired) electrons. The van der Waals surface area contributed by atoms with E-state index >= 15 is 0 Å². The van der Waals surface area contributed by atoms with Gasteiger partial charge >= 0.3 is 0 Å². The molecule has 2 aromatic carbocycles. The summed E-state index contributed by atoms with van der Waals surface area (Å²) in [4.78, 5) is 4.65. The first-order valence-electron chi connectivity index (χ1n) is 10.5. The van der Waals surface area contributed by atoms with Gasteiger partial charge in [-0.2, -0.15) is 0 Å². The Morgan fingerprint density at radius 2 is 1.71 bits per heavy atom. The molecule has 0 saturated heterocycles. The summed E-state index contributed by atoms with van der Waals surface area (Å²) in [6.45, 7) is 0.463. The molecule has 1 unspecified atom stereocenters. The highest BCUT2D eigenvalue weighted by atomic mass is 16.5. The van der Waals surface area contributed by atoms with E-state index in [-0.39, 0.29) is 6.10 Å². The number of hydrogen-bond acceptors (Lipinski definition) is 3. The molecule has 1 aromatic heterocycles. The van der Waals surface area contributed by atoms with E-state index in [1.165, 1.54) is 37.7 Å². The largest absolute Gasteiger partial charge is 0.487 e. The zero-order chi connectivity index (χ0) is 19.2. The number of para-hydroxylation sites is 1. The number of aliphatic hydroxyl groups excluding tert-OH is 1. The van der Waals surface area contributed by atoms with Crippen LogP contribution in [-0.2, 0) is 13.0 Å². The zero-order valence-electron chi connectivity index (χ0n) is 16.4. The van der Waals surface area contributed by atoms with Gasteiger partial charge in [-0.25, -0.2) is 4.98 Å². The maximum absolute atomic E-state index is 10.4. The molecule has 1 saturated carbocycles. The molecule has 0 aliphatic heterocycles. The molecule has 3 aromatic rings. The number of ether oxygens (including phenoxy) is 1. The lowest BCUT2D eigenvalue weighted by molar-refractivity contribution is 0.0775. The Morgan fingerprint density at radius 3 is 2.54 bits per heavy atom. The third-order valence-corrected chi connectivity index (χ3v) is 5.89. The van der Waals surface area contributed by atoms with Crippen molar-refractivity contribution in [2.45, 2.75) is 57.7 Å². The smallest absolute Gasteiger partial charge is 0.130 e. The molecule has 1 heterocycles. The van der Waals surface area contributed by atoms with E-state index in [2.05, 4.69) is 29.2 Å². The van der Waals surface area contributed by atoms with Crippen molar-refractivity contribution >= 4 is 10.9 Å². The van der Waals surface area contributed by atoms with Crippen molar-refractivity contribution in [1.82, 2.24) is 4.98 Å². The van der Waals surface area contributed by atoms with Crippen molar-refractivity contribution < 1.29 is 9.84 Å². The summed E-state index contributed by atoms with van der Waals surface area (Å²) in [6, 6.07) is 20.5. The van der Waals surface area contributed by atoms with Gasteiger partial charge in [0.05, 0.1) is 17.3 Å². The lowest BCUT2D eigenvalue weighted by Crippen LogP contribution is -2.23. The second kappa shape index (κ2) is 9.20. The Morgan fingerprint density at radius 1 is 0.929 bits per heavy atom. The number of benzene rings is 2. The highest BCUT2D eigenvalue weighted by Gasteiger charge is 2.21. The predicted molar refractivity (Wildman–Crippen MR) is 113 cm³/mol. The first-order valence-corrected chi connectivity index (χ1v) is 10.5. The highest BCUT2D eigenvalue weighted by molar-refractivity contribution is 5.78. The highest BCUT2D eigenvalue weighted by Crippen LogP contribution is 2.28. The molecule has 1 aliphatic carbocycles. The van der Waals surface area contributed by atoms with Crippen LogP contribution in [0.4, 0.5) is 0 Å². The van der Waals surface area contributed by atoms with Crippen LogP contribution in [0.25, 0.3) is 10.9 Å². The first kappa shape index (κ1) is 18.9. The molecule has 3 nitrogen and oxygen atoms in total. The molecule has 4 rings (SSSR count). The van der Waals surface area contributed by atoms with E-state index in [0.717, 1.165) is 35.2 Å². The molecule has 1 aliphatic rings. The fourth-order valence-electron chi connectivity index (χ4n) is 4.17. The number of aryl methyl sites for hydroxylation is 1. The third-order valence-electron chi connectivity index (χ3n) is 5.89. The molecule has 3 heteroatoms. The summed E-state index contributed by atoms with van der Waals surface area (Å²) in [5.41, 5.74) is 3.18. The van der Waals surface area contributed by atoms with E-state index < -0.39 is 0 Å². The fourth-order valence-corrected chi connectivity index (χ4v) is 4.17. The Bertz CT molecular complexity index is 884. The van der Waals surface area contributed by atoms with Crippen LogP contribution in [-0.4, -0.2) is 16.2 Å². The Labute approximate surface area is 167 Å². The summed E-state index contributed by atoms with van der Waals surface area (Å²) in [7, 11) is 0. The number of nitrogens with zero attached hydrogens (tertiary/aromatic N) is 1. The van der Waals surface area contributed by atoms with Crippen molar-refractivity contribution in [3.05, 3.63) is 71.9 Å². The van der Waals surface area contributed by atoms with E-state index in [1.807, 2.05) is 36.4 Å². The fraction of sp³-hybridized carbons (Fsp3) is 0.400. The maximum atomic E-state index is 10.4. The normalized spacial score (nSPS) is 16.2. The second-order valence-corrected chi connectivity index (χ2v) is 7.93. The minimum atomic E-state index is -0.157. The van der Waals surface area contributed by atoms with Crippen LogP contribution in [0.5, 0.6) is 5.75 Å². The third kappa shape index (κ3) is 4.90. The lowest BCUT2D eigenvalue weighted by atomic mass is 9.83. The van der Waals surface area contributed by atoms with Gasteiger partial charge in [0, 0.05) is 5.39 Å². The predicted octanol–water partition coefficient (Wildman–Crippen LogP) is 5.69. The number of aliphatic hydroxyl groups is 1. The van der Waals surface area contributed by atoms with Gasteiger partial charge in [-0.3, -0.25) is 0 Å². The molecule has 1 atom stereocenters. The lowest BCUT2D eigenvalue weighted by Gasteiger charge is -2.26. The van der Waals surface area contributed by atoms with E-state index in [0.29, 0.717) is 12.5 Å². The van der Waals surface area contributed by atoms with Crippen LogP contribution < -0.4 is 4.74 Å². The summed E-state index contributed by atoms with van der Waals surface area (Å²) in [5, 5.41) is 11.6. The van der Waals surface area contributed by atoms with E-state index in [4.69, 9.17) is 4.74 Å². The average molecular weight is 376 g/mol. The molecule has 0 bridgehead atoms. The van der Waals surface area contributed by atoms with Crippen LogP contribution in [0.3, 0.4) is 0 Å². The van der Waals surface area contributed by atoms with Gasteiger partial charge < -0.3 is 9.84 Å². The summed E-state index contributed by atoms with van der Waals surface area (Å²) < 4.78 is 5.90. The van der Waals surface area contributed by atoms with Crippen molar-refractivity contribution in [2.24, 2.45) is 5.92 Å². The van der Waals surface area contributed by atoms with Gasteiger partial charge in [0.1, 0.15) is 12.4 Å². The van der Waals surface area contributed by atoms with Crippen LogP contribution >= 0.6 is 0 Å². The van der Waals surface area contributed by atoms with Gasteiger partial charge in [0.15, 0.2) is 0 Å². The van der Waals surface area contributed by atoms with Gasteiger partial charge in [0.2, 0.25) is 0 Å². The second-order valence-electron chi connectivity index (χ2n) is 7.93. The minimum absolute atomic E-state index is 0.157. The van der Waals surface area contributed by atoms with Crippen LogP contribution in [0, 0.1) is 5.92 Å². The molecule has 0 amide bonds. The number of rotatable bonds is 7. The van der Waals surface area contributed by atoms with Crippen molar-refractivity contribution in [3.63, 3.8) is 0 Å². The number of fused-ring (bicyclic) bond motifs is 1. The first-order chi connectivity index (χ1) is 13.8. The van der Waals surface area contributed by atoms with Crippen molar-refractivity contribution in [1.29, 1.82) is 0 Å². The zero-order valence-corrected chi connectivity index (χ0v) is 16.4.